The lowest BCUT2D eigenvalue weighted by atomic mass is 10.3. The second-order valence-corrected chi connectivity index (χ2v) is 8.85. The van der Waals surface area contributed by atoms with Crippen LogP contribution >= 0.6 is 57.9 Å². The van der Waals surface area contributed by atoms with E-state index in [-0.39, 0.29) is 18.4 Å². The van der Waals surface area contributed by atoms with Crippen molar-refractivity contribution < 1.29 is 9.59 Å². The number of nitrogens with zero attached hydrogens (tertiary/aromatic N) is 1. The van der Waals surface area contributed by atoms with Crippen molar-refractivity contribution in [1.82, 2.24) is 4.90 Å². The van der Waals surface area contributed by atoms with E-state index in [0.29, 0.717) is 33.8 Å². The zero-order valence-electron chi connectivity index (χ0n) is 13.9. The molecule has 2 amide bonds. The molecular weight excluding hydrogens is 435 g/mol. The van der Waals surface area contributed by atoms with Crippen molar-refractivity contribution in [2.75, 3.05) is 24.2 Å². The topological polar surface area (TPSA) is 49.4 Å². The number of thioether (sulfide) groups is 1. The number of thiophene rings is 1. The van der Waals surface area contributed by atoms with Crippen molar-refractivity contribution in [2.45, 2.75) is 12.7 Å². The maximum atomic E-state index is 12.3. The van der Waals surface area contributed by atoms with Crippen LogP contribution in [-0.2, 0) is 15.3 Å². The Morgan fingerprint density at radius 2 is 1.85 bits per heavy atom. The number of amides is 2. The Kier molecular flexibility index (Phi) is 8.57. The quantitative estimate of drug-likeness (QED) is 0.582. The van der Waals surface area contributed by atoms with Gasteiger partial charge in [0.25, 0.3) is 0 Å². The molecule has 0 saturated heterocycles. The average Bonchev–Trinajstić information content (AvgIpc) is 3.01. The molecule has 0 spiro atoms. The maximum Gasteiger partial charge on any atom is 0.244 e. The molecule has 26 heavy (non-hydrogen) atoms. The molecule has 2 aromatic rings. The Hall–Kier alpha value is -0.920. The molecule has 0 aliphatic rings. The van der Waals surface area contributed by atoms with E-state index in [4.69, 9.17) is 34.8 Å². The van der Waals surface area contributed by atoms with Gasteiger partial charge in [-0.1, -0.05) is 40.9 Å². The fraction of sp³-hybridized carbons (Fsp3) is 0.294. The predicted molar refractivity (Wildman–Crippen MR) is 113 cm³/mol. The minimum absolute atomic E-state index is 0.0533. The molecule has 1 heterocycles. The van der Waals surface area contributed by atoms with Crippen molar-refractivity contribution in [3.8, 4) is 0 Å². The standard InChI is InChI=1S/C17H17Cl3N2O2S2/c1-2-22(16(24)10-25-9-11-6-7-14(20)26-11)8-15(23)21-17-12(18)4-3-5-13(17)19/h3-7H,2,8-10H2,1H3,(H,21,23). The van der Waals surface area contributed by atoms with Gasteiger partial charge in [0, 0.05) is 17.2 Å². The Morgan fingerprint density at radius 1 is 1.15 bits per heavy atom. The zero-order chi connectivity index (χ0) is 19.1. The van der Waals surface area contributed by atoms with Gasteiger partial charge in [-0.3, -0.25) is 9.59 Å². The van der Waals surface area contributed by atoms with E-state index >= 15 is 0 Å². The number of hydrogen-bond acceptors (Lipinski definition) is 4. The summed E-state index contributed by atoms with van der Waals surface area (Å²) >= 11 is 21.0. The number of hydrogen-bond donors (Lipinski definition) is 1. The number of halogens is 3. The Bertz CT molecular complexity index is 763. The summed E-state index contributed by atoms with van der Waals surface area (Å²) in [5, 5.41) is 3.37. The number of carbonyl (C=O) groups is 2. The molecular formula is C17H17Cl3N2O2S2. The first-order chi connectivity index (χ1) is 12.4. The maximum absolute atomic E-state index is 12.3. The fourth-order valence-electron chi connectivity index (χ4n) is 2.11. The molecule has 1 aromatic carbocycles. The highest BCUT2D eigenvalue weighted by atomic mass is 35.5. The highest BCUT2D eigenvalue weighted by Gasteiger charge is 2.17. The van der Waals surface area contributed by atoms with Crippen molar-refractivity contribution in [1.29, 1.82) is 0 Å². The van der Waals surface area contributed by atoms with Crippen LogP contribution in [-0.4, -0.2) is 35.6 Å². The molecule has 0 fully saturated rings. The lowest BCUT2D eigenvalue weighted by molar-refractivity contribution is -0.132. The van der Waals surface area contributed by atoms with Crippen molar-refractivity contribution >= 4 is 75.4 Å². The van der Waals surface area contributed by atoms with Crippen LogP contribution in [0.1, 0.15) is 11.8 Å². The molecule has 1 aromatic heterocycles. The Balaban J connectivity index is 1.85. The van der Waals surface area contributed by atoms with Gasteiger partial charge in [0.1, 0.15) is 0 Å². The zero-order valence-corrected chi connectivity index (χ0v) is 17.8. The molecule has 2 rings (SSSR count). The SMILES string of the molecule is CCN(CC(=O)Nc1c(Cl)cccc1Cl)C(=O)CSCc1ccc(Cl)s1. The number of likely N-dealkylation sites (N-methyl/N-ethyl adjacent to an activating group) is 1. The summed E-state index contributed by atoms with van der Waals surface area (Å²) in [5.41, 5.74) is 0.355. The van der Waals surface area contributed by atoms with E-state index in [9.17, 15) is 9.59 Å². The van der Waals surface area contributed by atoms with Crippen molar-refractivity contribution in [3.63, 3.8) is 0 Å². The van der Waals surface area contributed by atoms with E-state index in [1.807, 2.05) is 19.1 Å². The van der Waals surface area contributed by atoms with Gasteiger partial charge in [0.2, 0.25) is 11.8 Å². The number of para-hydroxylation sites is 1. The first kappa shape index (κ1) is 21.4. The molecule has 0 aliphatic heterocycles. The lowest BCUT2D eigenvalue weighted by Gasteiger charge is -2.20. The fourth-order valence-corrected chi connectivity index (χ4v) is 4.72. The van der Waals surface area contributed by atoms with Crippen LogP contribution in [0.5, 0.6) is 0 Å². The summed E-state index contributed by atoms with van der Waals surface area (Å²) in [6, 6.07) is 8.76. The monoisotopic (exact) mass is 450 g/mol. The third-order valence-corrected chi connectivity index (χ3v) is 6.40. The third kappa shape index (κ3) is 6.35. The third-order valence-electron chi connectivity index (χ3n) is 3.39. The van der Waals surface area contributed by atoms with Gasteiger partial charge < -0.3 is 10.2 Å². The smallest absolute Gasteiger partial charge is 0.244 e. The van der Waals surface area contributed by atoms with E-state index < -0.39 is 0 Å². The summed E-state index contributed by atoms with van der Waals surface area (Å²) < 4.78 is 0.733. The predicted octanol–water partition coefficient (Wildman–Crippen LogP) is 5.43. The van der Waals surface area contributed by atoms with Gasteiger partial charge >= 0.3 is 0 Å². The lowest BCUT2D eigenvalue weighted by Crippen LogP contribution is -2.38. The Morgan fingerprint density at radius 3 is 2.42 bits per heavy atom. The van der Waals surface area contributed by atoms with E-state index in [1.54, 1.807) is 18.2 Å². The highest BCUT2D eigenvalue weighted by Crippen LogP contribution is 2.29. The first-order valence-electron chi connectivity index (χ1n) is 7.74. The van der Waals surface area contributed by atoms with Gasteiger partial charge in [-0.15, -0.1) is 23.1 Å². The van der Waals surface area contributed by atoms with Gasteiger partial charge in [-0.25, -0.2) is 0 Å². The molecule has 9 heteroatoms. The van der Waals surface area contributed by atoms with Gasteiger partial charge in [-0.2, -0.15) is 0 Å². The summed E-state index contributed by atoms with van der Waals surface area (Å²) in [6.45, 7) is 2.22. The van der Waals surface area contributed by atoms with E-state index in [0.717, 1.165) is 9.21 Å². The van der Waals surface area contributed by atoms with Crippen LogP contribution in [0.3, 0.4) is 0 Å². The van der Waals surface area contributed by atoms with Gasteiger partial charge in [0.05, 0.1) is 32.4 Å². The van der Waals surface area contributed by atoms with Crippen LogP contribution in [0.25, 0.3) is 0 Å². The number of benzene rings is 1. The number of rotatable bonds is 8. The summed E-state index contributed by atoms with van der Waals surface area (Å²) in [4.78, 5) is 27.2. The van der Waals surface area contributed by atoms with Crippen molar-refractivity contribution in [2.24, 2.45) is 0 Å². The average molecular weight is 452 g/mol. The van der Waals surface area contributed by atoms with E-state index in [1.165, 1.54) is 28.0 Å². The first-order valence-corrected chi connectivity index (χ1v) is 10.8. The van der Waals surface area contributed by atoms with E-state index in [2.05, 4.69) is 5.32 Å². The largest absolute Gasteiger partial charge is 0.333 e. The molecule has 0 bridgehead atoms. The normalized spacial score (nSPS) is 10.6. The molecule has 0 saturated carbocycles. The molecule has 1 N–H and O–H groups in total. The number of nitrogens with one attached hydrogen (secondary N) is 1. The Labute approximate surface area is 175 Å². The second kappa shape index (κ2) is 10.4. The number of anilines is 1. The molecule has 4 nitrogen and oxygen atoms in total. The summed E-state index contributed by atoms with van der Waals surface area (Å²) in [5.74, 6) is 0.566. The van der Waals surface area contributed by atoms with Crippen LogP contribution in [0.2, 0.25) is 14.4 Å². The molecule has 140 valence electrons. The van der Waals surface area contributed by atoms with Crippen molar-refractivity contribution in [3.05, 3.63) is 49.6 Å². The summed E-state index contributed by atoms with van der Waals surface area (Å²) in [7, 11) is 0. The van der Waals surface area contributed by atoms with Crippen LogP contribution in [0.15, 0.2) is 30.3 Å². The molecule has 0 atom stereocenters. The van der Waals surface area contributed by atoms with Gasteiger partial charge in [0.15, 0.2) is 0 Å². The van der Waals surface area contributed by atoms with Crippen LogP contribution in [0, 0.1) is 0 Å². The molecule has 0 unspecified atom stereocenters. The second-order valence-electron chi connectivity index (χ2n) is 5.25. The highest BCUT2D eigenvalue weighted by molar-refractivity contribution is 7.99. The van der Waals surface area contributed by atoms with Crippen LogP contribution in [0.4, 0.5) is 5.69 Å². The minimum atomic E-state index is -0.342. The molecule has 0 radical (unpaired) electrons. The minimum Gasteiger partial charge on any atom is -0.333 e. The number of carbonyl (C=O) groups excluding carboxylic acids is 2. The molecule has 0 aliphatic carbocycles. The summed E-state index contributed by atoms with van der Waals surface area (Å²) in [6.07, 6.45) is 0. The van der Waals surface area contributed by atoms with Crippen LogP contribution < -0.4 is 5.32 Å². The van der Waals surface area contributed by atoms with Gasteiger partial charge in [-0.05, 0) is 31.2 Å².